The van der Waals surface area contributed by atoms with Gasteiger partial charge in [-0.3, -0.25) is 9.69 Å². The highest BCUT2D eigenvalue weighted by Gasteiger charge is 2.43. The lowest BCUT2D eigenvalue weighted by Crippen LogP contribution is -2.51. The SMILES string of the molecule is CCC1(C(=O)NC2CCN3CCCCC23)CCNC1. The maximum Gasteiger partial charge on any atom is 0.227 e. The summed E-state index contributed by atoms with van der Waals surface area (Å²) in [6.07, 6.45) is 7.02. The number of carbonyl (C=O) groups excluding carboxylic acids is 1. The predicted molar refractivity (Wildman–Crippen MR) is 76.0 cm³/mol. The Labute approximate surface area is 116 Å². The third-order valence-electron chi connectivity index (χ3n) is 5.57. The summed E-state index contributed by atoms with van der Waals surface area (Å²) >= 11 is 0. The molecule has 4 heteroatoms. The number of nitrogens with one attached hydrogen (secondary N) is 2. The minimum Gasteiger partial charge on any atom is -0.351 e. The lowest BCUT2D eigenvalue weighted by Gasteiger charge is -2.34. The Kier molecular flexibility index (Phi) is 3.81. The van der Waals surface area contributed by atoms with Gasteiger partial charge in [-0.2, -0.15) is 0 Å². The molecule has 3 aliphatic heterocycles. The summed E-state index contributed by atoms with van der Waals surface area (Å²) < 4.78 is 0. The van der Waals surface area contributed by atoms with Crippen LogP contribution in [-0.2, 0) is 4.79 Å². The van der Waals surface area contributed by atoms with Gasteiger partial charge in [-0.25, -0.2) is 0 Å². The number of hydrogen-bond acceptors (Lipinski definition) is 3. The molecule has 0 saturated carbocycles. The number of rotatable bonds is 3. The van der Waals surface area contributed by atoms with Gasteiger partial charge < -0.3 is 10.6 Å². The largest absolute Gasteiger partial charge is 0.351 e. The highest BCUT2D eigenvalue weighted by molar-refractivity contribution is 5.83. The van der Waals surface area contributed by atoms with E-state index in [-0.39, 0.29) is 5.41 Å². The molecule has 0 aromatic carbocycles. The average Bonchev–Trinajstić information content (AvgIpc) is 3.07. The van der Waals surface area contributed by atoms with Gasteiger partial charge in [-0.1, -0.05) is 13.3 Å². The zero-order chi connectivity index (χ0) is 13.3. The molecule has 0 aliphatic carbocycles. The molecule has 3 fully saturated rings. The predicted octanol–water partition coefficient (Wildman–Crippen LogP) is 1.12. The molecule has 0 aromatic heterocycles. The Morgan fingerprint density at radius 2 is 2.26 bits per heavy atom. The van der Waals surface area contributed by atoms with Crippen LogP contribution < -0.4 is 10.6 Å². The van der Waals surface area contributed by atoms with Crippen LogP contribution in [0.2, 0.25) is 0 Å². The van der Waals surface area contributed by atoms with Crippen LogP contribution in [0, 0.1) is 5.41 Å². The first-order valence-corrected chi connectivity index (χ1v) is 8.01. The molecule has 3 heterocycles. The first-order valence-electron chi connectivity index (χ1n) is 8.01. The molecule has 2 N–H and O–H groups in total. The number of hydrogen-bond donors (Lipinski definition) is 2. The highest BCUT2D eigenvalue weighted by Crippen LogP contribution is 2.32. The summed E-state index contributed by atoms with van der Waals surface area (Å²) in [5.74, 6) is 0.303. The van der Waals surface area contributed by atoms with Crippen LogP contribution in [0.15, 0.2) is 0 Å². The van der Waals surface area contributed by atoms with Crippen LogP contribution in [-0.4, -0.2) is 49.1 Å². The van der Waals surface area contributed by atoms with Crippen molar-refractivity contribution in [2.45, 2.75) is 57.5 Å². The van der Waals surface area contributed by atoms with Gasteiger partial charge in [0.2, 0.25) is 5.91 Å². The van der Waals surface area contributed by atoms with E-state index in [9.17, 15) is 4.79 Å². The standard InChI is InChI=1S/C15H27N3O/c1-2-15(7-8-16-11-15)14(19)17-12-6-10-18-9-4-3-5-13(12)18/h12-13,16H,2-11H2,1H3,(H,17,19). The van der Waals surface area contributed by atoms with Crippen molar-refractivity contribution in [2.75, 3.05) is 26.2 Å². The monoisotopic (exact) mass is 265 g/mol. The molecule has 19 heavy (non-hydrogen) atoms. The van der Waals surface area contributed by atoms with Crippen molar-refractivity contribution in [3.8, 4) is 0 Å². The first kappa shape index (κ1) is 13.4. The van der Waals surface area contributed by atoms with Crippen LogP contribution in [0.4, 0.5) is 0 Å². The lowest BCUT2D eigenvalue weighted by molar-refractivity contribution is -0.131. The summed E-state index contributed by atoms with van der Waals surface area (Å²) in [5, 5.41) is 6.75. The average molecular weight is 265 g/mol. The fraction of sp³-hybridized carbons (Fsp3) is 0.933. The summed E-state index contributed by atoms with van der Waals surface area (Å²) in [5.41, 5.74) is -0.137. The Bertz CT molecular complexity index is 338. The van der Waals surface area contributed by atoms with Gasteiger partial charge in [0.15, 0.2) is 0 Å². The van der Waals surface area contributed by atoms with Gasteiger partial charge in [0, 0.05) is 25.2 Å². The molecule has 0 radical (unpaired) electrons. The van der Waals surface area contributed by atoms with Gasteiger partial charge in [0.1, 0.15) is 0 Å². The normalized spacial score (nSPS) is 39.2. The number of nitrogens with zero attached hydrogens (tertiary/aromatic N) is 1. The maximum atomic E-state index is 12.7. The quantitative estimate of drug-likeness (QED) is 0.804. The van der Waals surface area contributed by atoms with E-state index in [4.69, 9.17) is 0 Å². The van der Waals surface area contributed by atoms with E-state index >= 15 is 0 Å². The molecule has 3 unspecified atom stereocenters. The molecule has 3 saturated heterocycles. The minimum absolute atomic E-state index is 0.137. The van der Waals surface area contributed by atoms with Gasteiger partial charge in [-0.15, -0.1) is 0 Å². The molecule has 0 aromatic rings. The second-order valence-electron chi connectivity index (χ2n) is 6.53. The van der Waals surface area contributed by atoms with Crippen molar-refractivity contribution in [2.24, 2.45) is 5.41 Å². The van der Waals surface area contributed by atoms with Crippen molar-refractivity contribution in [1.29, 1.82) is 0 Å². The second kappa shape index (κ2) is 5.41. The molecular weight excluding hydrogens is 238 g/mol. The molecule has 1 amide bonds. The summed E-state index contributed by atoms with van der Waals surface area (Å²) in [6.45, 7) is 6.40. The molecule has 3 atom stereocenters. The van der Waals surface area contributed by atoms with Gasteiger partial charge >= 0.3 is 0 Å². The van der Waals surface area contributed by atoms with Gasteiger partial charge in [-0.05, 0) is 45.2 Å². The lowest BCUT2D eigenvalue weighted by atomic mass is 9.82. The fourth-order valence-corrected chi connectivity index (χ4v) is 4.14. The van der Waals surface area contributed by atoms with Crippen molar-refractivity contribution in [1.82, 2.24) is 15.5 Å². The van der Waals surface area contributed by atoms with E-state index in [0.29, 0.717) is 18.0 Å². The van der Waals surface area contributed by atoms with E-state index < -0.39 is 0 Å². The first-order chi connectivity index (χ1) is 9.25. The molecule has 4 nitrogen and oxygen atoms in total. The molecule has 0 spiro atoms. The van der Waals surface area contributed by atoms with Gasteiger partial charge in [0.25, 0.3) is 0 Å². The Morgan fingerprint density at radius 1 is 1.37 bits per heavy atom. The summed E-state index contributed by atoms with van der Waals surface area (Å²) in [4.78, 5) is 15.2. The van der Waals surface area contributed by atoms with Crippen LogP contribution >= 0.6 is 0 Å². The van der Waals surface area contributed by atoms with E-state index in [1.54, 1.807) is 0 Å². The third-order valence-corrected chi connectivity index (χ3v) is 5.57. The number of carbonyl (C=O) groups is 1. The Morgan fingerprint density at radius 3 is 3.00 bits per heavy atom. The maximum absolute atomic E-state index is 12.7. The topological polar surface area (TPSA) is 44.4 Å². The van der Waals surface area contributed by atoms with Crippen molar-refractivity contribution in [3.05, 3.63) is 0 Å². The number of amides is 1. The molecule has 108 valence electrons. The zero-order valence-electron chi connectivity index (χ0n) is 12.1. The number of piperidine rings is 1. The number of fused-ring (bicyclic) bond motifs is 1. The van der Waals surface area contributed by atoms with Crippen LogP contribution in [0.5, 0.6) is 0 Å². The zero-order valence-corrected chi connectivity index (χ0v) is 12.1. The van der Waals surface area contributed by atoms with Crippen molar-refractivity contribution >= 4 is 5.91 Å². The van der Waals surface area contributed by atoms with Crippen molar-refractivity contribution < 1.29 is 4.79 Å². The van der Waals surface area contributed by atoms with E-state index in [0.717, 1.165) is 32.4 Å². The molecule has 0 bridgehead atoms. The van der Waals surface area contributed by atoms with E-state index in [1.807, 2.05) is 0 Å². The van der Waals surface area contributed by atoms with Crippen molar-refractivity contribution in [3.63, 3.8) is 0 Å². The second-order valence-corrected chi connectivity index (χ2v) is 6.53. The van der Waals surface area contributed by atoms with E-state index in [2.05, 4.69) is 22.5 Å². The minimum atomic E-state index is -0.137. The summed E-state index contributed by atoms with van der Waals surface area (Å²) in [7, 11) is 0. The Hall–Kier alpha value is -0.610. The van der Waals surface area contributed by atoms with Crippen LogP contribution in [0.3, 0.4) is 0 Å². The molecular formula is C15H27N3O. The summed E-state index contributed by atoms with van der Waals surface area (Å²) in [6, 6.07) is 1.01. The van der Waals surface area contributed by atoms with Gasteiger partial charge in [0.05, 0.1) is 5.41 Å². The molecule has 3 rings (SSSR count). The van der Waals surface area contributed by atoms with Crippen LogP contribution in [0.1, 0.15) is 45.4 Å². The highest BCUT2D eigenvalue weighted by atomic mass is 16.2. The fourth-order valence-electron chi connectivity index (χ4n) is 4.14. The third kappa shape index (κ3) is 2.40. The molecule has 3 aliphatic rings. The smallest absolute Gasteiger partial charge is 0.227 e. The Balaban J connectivity index is 1.63. The van der Waals surface area contributed by atoms with Crippen LogP contribution in [0.25, 0.3) is 0 Å². The van der Waals surface area contributed by atoms with E-state index in [1.165, 1.54) is 32.4 Å².